The maximum Gasteiger partial charge on any atom is 0.243 e. The summed E-state index contributed by atoms with van der Waals surface area (Å²) in [5.74, 6) is 0.843. The number of halogens is 1. The van der Waals surface area contributed by atoms with Gasteiger partial charge in [0.2, 0.25) is 5.91 Å². The highest BCUT2D eigenvalue weighted by molar-refractivity contribution is 14.0. The number of ether oxygens (including phenoxy) is 1. The third kappa shape index (κ3) is 9.43. The van der Waals surface area contributed by atoms with E-state index >= 15 is 0 Å². The minimum Gasteiger partial charge on any atom is -0.385 e. The third-order valence-electron chi connectivity index (χ3n) is 5.32. The average molecular weight is 495 g/mol. The largest absolute Gasteiger partial charge is 0.385 e. The molecule has 0 spiro atoms. The van der Waals surface area contributed by atoms with Gasteiger partial charge in [-0.25, -0.2) is 4.99 Å². The Hall–Kier alpha value is -0.610. The van der Waals surface area contributed by atoms with E-state index < -0.39 is 0 Å². The van der Waals surface area contributed by atoms with Crippen molar-refractivity contribution in [1.29, 1.82) is 0 Å². The first-order chi connectivity index (χ1) is 12.6. The van der Waals surface area contributed by atoms with Gasteiger partial charge in [0, 0.05) is 59.5 Å². The molecule has 158 valence electrons. The van der Waals surface area contributed by atoms with Gasteiger partial charge in [0.05, 0.1) is 0 Å². The van der Waals surface area contributed by atoms with Crippen LogP contribution in [0.15, 0.2) is 4.99 Å². The summed E-state index contributed by atoms with van der Waals surface area (Å²) >= 11 is 0. The second-order valence-corrected chi connectivity index (χ2v) is 7.69. The number of amides is 1. The zero-order valence-electron chi connectivity index (χ0n) is 17.2. The second-order valence-electron chi connectivity index (χ2n) is 7.69. The van der Waals surface area contributed by atoms with Crippen molar-refractivity contribution in [2.45, 2.75) is 57.0 Å². The van der Waals surface area contributed by atoms with Crippen LogP contribution in [0.2, 0.25) is 0 Å². The molecule has 0 bridgehead atoms. The van der Waals surface area contributed by atoms with E-state index in [0.717, 1.165) is 51.5 Å². The second kappa shape index (κ2) is 13.5. The highest BCUT2D eigenvalue weighted by Crippen LogP contribution is 2.17. The summed E-state index contributed by atoms with van der Waals surface area (Å²) < 4.78 is 5.14. The molecule has 0 unspecified atom stereocenters. The van der Waals surface area contributed by atoms with Crippen molar-refractivity contribution in [3.05, 3.63) is 0 Å². The fraction of sp³-hybridized carbons (Fsp3) is 0.895. The van der Waals surface area contributed by atoms with Gasteiger partial charge in [-0.05, 0) is 32.1 Å². The number of piperidine rings is 1. The Bertz CT molecular complexity index is 447. The molecule has 0 aromatic rings. The van der Waals surface area contributed by atoms with E-state index in [1.54, 1.807) is 26.1 Å². The summed E-state index contributed by atoms with van der Waals surface area (Å²) in [5, 5.41) is 7.13. The molecule has 0 radical (unpaired) electrons. The quantitative estimate of drug-likeness (QED) is 0.232. The summed E-state index contributed by atoms with van der Waals surface area (Å²) in [7, 11) is 5.30. The zero-order valence-corrected chi connectivity index (χ0v) is 19.5. The number of hydrogen-bond donors (Lipinski definition) is 2. The van der Waals surface area contributed by atoms with E-state index in [4.69, 9.17) is 4.74 Å². The maximum absolute atomic E-state index is 11.9. The van der Waals surface area contributed by atoms with Crippen LogP contribution in [-0.2, 0) is 9.53 Å². The van der Waals surface area contributed by atoms with Crippen molar-refractivity contribution in [3.63, 3.8) is 0 Å². The van der Waals surface area contributed by atoms with Crippen LogP contribution in [0.5, 0.6) is 0 Å². The molecule has 0 atom stereocenters. The molecule has 1 aliphatic carbocycles. The highest BCUT2D eigenvalue weighted by Gasteiger charge is 2.22. The van der Waals surface area contributed by atoms with Crippen LogP contribution in [0.1, 0.15) is 44.9 Å². The molecule has 2 fully saturated rings. The Morgan fingerprint density at radius 3 is 2.26 bits per heavy atom. The van der Waals surface area contributed by atoms with Crippen LogP contribution in [0.3, 0.4) is 0 Å². The number of rotatable bonds is 8. The Morgan fingerprint density at radius 1 is 1.11 bits per heavy atom. The number of likely N-dealkylation sites (N-methyl/N-ethyl adjacent to an activating group) is 1. The number of nitrogens with zero attached hydrogens (tertiary/aromatic N) is 3. The lowest BCUT2D eigenvalue weighted by Gasteiger charge is -2.33. The Labute approximate surface area is 181 Å². The molecule has 27 heavy (non-hydrogen) atoms. The molecule has 2 N–H and O–H groups in total. The molecular formula is C19H38IN5O2. The van der Waals surface area contributed by atoms with Gasteiger partial charge in [-0.2, -0.15) is 0 Å². The van der Waals surface area contributed by atoms with E-state index in [9.17, 15) is 4.79 Å². The van der Waals surface area contributed by atoms with Crippen molar-refractivity contribution >= 4 is 35.8 Å². The number of methoxy groups -OCH3 is 1. The van der Waals surface area contributed by atoms with Crippen molar-refractivity contribution in [3.8, 4) is 0 Å². The van der Waals surface area contributed by atoms with Gasteiger partial charge in [0.15, 0.2) is 5.96 Å². The lowest BCUT2D eigenvalue weighted by molar-refractivity contribution is -0.127. The molecule has 1 amide bonds. The standard InChI is InChI=1S/C19H37N5O2.HI/c1-23(2)18(25)15-20-19(21-16-7-4-5-8-16)22-17-9-12-24(13-10-17)11-6-14-26-3;/h16-17H,4-15H2,1-3H3,(H2,20,21,22);1H. The predicted molar refractivity (Wildman–Crippen MR) is 121 cm³/mol. The van der Waals surface area contributed by atoms with Crippen LogP contribution in [-0.4, -0.2) is 87.7 Å². The number of likely N-dealkylation sites (tertiary alicyclic amines) is 1. The molecular weight excluding hydrogens is 457 g/mol. The normalized spacial score (nSPS) is 19.6. The number of aliphatic imine (C=N–C) groups is 1. The van der Waals surface area contributed by atoms with Gasteiger partial charge in [-0.3, -0.25) is 4.79 Å². The minimum atomic E-state index is 0. The lowest BCUT2D eigenvalue weighted by atomic mass is 10.1. The van der Waals surface area contributed by atoms with E-state index in [1.807, 2.05) is 0 Å². The van der Waals surface area contributed by atoms with Crippen molar-refractivity contribution in [2.24, 2.45) is 4.99 Å². The Kier molecular flexibility index (Phi) is 12.3. The van der Waals surface area contributed by atoms with E-state index in [2.05, 4.69) is 20.5 Å². The van der Waals surface area contributed by atoms with Gasteiger partial charge in [-0.15, -0.1) is 24.0 Å². The summed E-state index contributed by atoms with van der Waals surface area (Å²) in [6.07, 6.45) is 8.26. The molecule has 0 aromatic heterocycles. The molecule has 8 heteroatoms. The molecule has 1 aliphatic heterocycles. The van der Waals surface area contributed by atoms with E-state index in [1.165, 1.54) is 25.7 Å². The number of carbonyl (C=O) groups is 1. The first-order valence-electron chi connectivity index (χ1n) is 10.1. The molecule has 1 saturated carbocycles. The topological polar surface area (TPSA) is 69.2 Å². The third-order valence-corrected chi connectivity index (χ3v) is 5.32. The highest BCUT2D eigenvalue weighted by atomic mass is 127. The fourth-order valence-electron chi connectivity index (χ4n) is 3.61. The van der Waals surface area contributed by atoms with Crippen LogP contribution in [0.25, 0.3) is 0 Å². The number of hydrogen-bond acceptors (Lipinski definition) is 4. The first kappa shape index (κ1) is 24.4. The molecule has 2 aliphatic rings. The molecule has 1 saturated heterocycles. The number of nitrogens with one attached hydrogen (secondary N) is 2. The number of carbonyl (C=O) groups excluding carboxylic acids is 1. The average Bonchev–Trinajstić information content (AvgIpc) is 3.14. The lowest BCUT2D eigenvalue weighted by Crippen LogP contribution is -2.51. The fourth-order valence-corrected chi connectivity index (χ4v) is 3.61. The van der Waals surface area contributed by atoms with Gasteiger partial charge >= 0.3 is 0 Å². The van der Waals surface area contributed by atoms with Gasteiger partial charge in [0.25, 0.3) is 0 Å². The summed E-state index contributed by atoms with van der Waals surface area (Å²) in [6, 6.07) is 0.917. The maximum atomic E-state index is 11.9. The van der Waals surface area contributed by atoms with Crippen molar-refractivity contribution in [1.82, 2.24) is 20.4 Å². The van der Waals surface area contributed by atoms with E-state index in [0.29, 0.717) is 12.1 Å². The van der Waals surface area contributed by atoms with Crippen molar-refractivity contribution in [2.75, 3.05) is 54.0 Å². The number of guanidine groups is 1. The van der Waals surface area contributed by atoms with Crippen LogP contribution in [0.4, 0.5) is 0 Å². The van der Waals surface area contributed by atoms with Crippen LogP contribution >= 0.6 is 24.0 Å². The van der Waals surface area contributed by atoms with Gasteiger partial charge in [-0.1, -0.05) is 12.8 Å². The molecule has 2 rings (SSSR count). The van der Waals surface area contributed by atoms with Gasteiger partial charge in [0.1, 0.15) is 6.54 Å². The summed E-state index contributed by atoms with van der Waals surface area (Å²) in [5.41, 5.74) is 0. The predicted octanol–water partition coefficient (Wildman–Crippen LogP) is 1.67. The molecule has 0 aromatic carbocycles. The molecule has 7 nitrogen and oxygen atoms in total. The molecule has 1 heterocycles. The zero-order chi connectivity index (χ0) is 18.8. The van der Waals surface area contributed by atoms with E-state index in [-0.39, 0.29) is 36.4 Å². The van der Waals surface area contributed by atoms with Crippen LogP contribution < -0.4 is 10.6 Å². The Morgan fingerprint density at radius 2 is 1.70 bits per heavy atom. The Balaban J connectivity index is 0.00000364. The summed E-state index contributed by atoms with van der Waals surface area (Å²) in [6.45, 7) is 4.35. The minimum absolute atomic E-state index is 0. The smallest absolute Gasteiger partial charge is 0.243 e. The SMILES string of the molecule is COCCCN1CCC(NC(=NCC(=O)N(C)C)NC2CCCC2)CC1.I. The van der Waals surface area contributed by atoms with Crippen LogP contribution in [0, 0.1) is 0 Å². The van der Waals surface area contributed by atoms with Crippen molar-refractivity contribution < 1.29 is 9.53 Å². The monoisotopic (exact) mass is 495 g/mol. The van der Waals surface area contributed by atoms with Gasteiger partial charge < -0.3 is 25.2 Å². The first-order valence-corrected chi connectivity index (χ1v) is 10.1. The summed E-state index contributed by atoms with van der Waals surface area (Å²) in [4.78, 5) is 20.5.